The first-order valence-electron chi connectivity index (χ1n) is 6.72. The highest BCUT2D eigenvalue weighted by atomic mass is 35.5. The second-order valence-electron chi connectivity index (χ2n) is 4.93. The number of quaternary nitrogens is 1. The number of hydrogen-bond acceptors (Lipinski definition) is 2. The van der Waals surface area contributed by atoms with E-state index in [0.717, 1.165) is 42.8 Å². The lowest BCUT2D eigenvalue weighted by molar-refractivity contribution is -0.937. The SMILES string of the molecule is CC[N+](CC)(CC/C(C)=N/O)Cc1ccccc1.[Cl-]. The Hall–Kier alpha value is -1.06. The van der Waals surface area contributed by atoms with Gasteiger partial charge in [-0.3, -0.25) is 0 Å². The van der Waals surface area contributed by atoms with Crippen LogP contribution in [0, 0.1) is 0 Å². The van der Waals surface area contributed by atoms with Crippen LogP contribution >= 0.6 is 0 Å². The van der Waals surface area contributed by atoms with Crippen LogP contribution in [0.15, 0.2) is 35.5 Å². The maximum Gasteiger partial charge on any atom is 0.104 e. The highest BCUT2D eigenvalue weighted by Gasteiger charge is 2.23. The summed E-state index contributed by atoms with van der Waals surface area (Å²) in [6.45, 7) is 10.6. The van der Waals surface area contributed by atoms with Crippen molar-refractivity contribution in [1.29, 1.82) is 0 Å². The van der Waals surface area contributed by atoms with Crippen molar-refractivity contribution in [2.45, 2.75) is 33.7 Å². The predicted octanol–water partition coefficient (Wildman–Crippen LogP) is 0.287. The molecule has 0 atom stereocenters. The first-order valence-corrected chi connectivity index (χ1v) is 6.72. The van der Waals surface area contributed by atoms with E-state index in [-0.39, 0.29) is 12.4 Å². The molecule has 1 aromatic carbocycles. The van der Waals surface area contributed by atoms with Gasteiger partial charge in [0.05, 0.1) is 25.3 Å². The Morgan fingerprint density at radius 1 is 1.16 bits per heavy atom. The van der Waals surface area contributed by atoms with Crippen LogP contribution < -0.4 is 12.4 Å². The van der Waals surface area contributed by atoms with Crippen LogP contribution in [0.3, 0.4) is 0 Å². The number of nitrogens with zero attached hydrogens (tertiary/aromatic N) is 2. The molecule has 0 spiro atoms. The van der Waals surface area contributed by atoms with Gasteiger partial charge in [-0.1, -0.05) is 35.5 Å². The van der Waals surface area contributed by atoms with Crippen molar-refractivity contribution in [2.75, 3.05) is 19.6 Å². The van der Waals surface area contributed by atoms with Gasteiger partial charge < -0.3 is 22.1 Å². The van der Waals surface area contributed by atoms with E-state index in [2.05, 4.69) is 49.3 Å². The second kappa shape index (κ2) is 8.94. The maximum atomic E-state index is 8.75. The first-order chi connectivity index (χ1) is 8.65. The van der Waals surface area contributed by atoms with E-state index < -0.39 is 0 Å². The molecule has 0 aliphatic heterocycles. The molecule has 3 nitrogen and oxygen atoms in total. The minimum absolute atomic E-state index is 0. The number of halogens is 1. The lowest BCUT2D eigenvalue weighted by atomic mass is 10.1. The van der Waals surface area contributed by atoms with Crippen molar-refractivity contribution in [3.05, 3.63) is 35.9 Å². The van der Waals surface area contributed by atoms with E-state index in [4.69, 9.17) is 5.21 Å². The Balaban J connectivity index is 0.00000324. The molecule has 0 unspecified atom stereocenters. The van der Waals surface area contributed by atoms with Crippen LogP contribution in [0.4, 0.5) is 0 Å². The van der Waals surface area contributed by atoms with E-state index in [1.807, 2.05) is 6.92 Å². The highest BCUT2D eigenvalue weighted by molar-refractivity contribution is 5.81. The summed E-state index contributed by atoms with van der Waals surface area (Å²) < 4.78 is 1.04. The second-order valence-corrected chi connectivity index (χ2v) is 4.93. The van der Waals surface area contributed by atoms with Crippen molar-refractivity contribution in [1.82, 2.24) is 0 Å². The summed E-state index contributed by atoms with van der Waals surface area (Å²) in [5, 5.41) is 12.0. The minimum atomic E-state index is 0. The minimum Gasteiger partial charge on any atom is -1.00 e. The Morgan fingerprint density at radius 3 is 2.21 bits per heavy atom. The van der Waals surface area contributed by atoms with Crippen LogP contribution in [0.1, 0.15) is 32.8 Å². The molecule has 0 aromatic heterocycles. The van der Waals surface area contributed by atoms with Crippen molar-refractivity contribution in [3.8, 4) is 0 Å². The molecule has 1 aromatic rings. The smallest absolute Gasteiger partial charge is 0.104 e. The lowest BCUT2D eigenvalue weighted by Crippen LogP contribution is -3.00. The lowest BCUT2D eigenvalue weighted by Gasteiger charge is -2.37. The van der Waals surface area contributed by atoms with Crippen LogP contribution in [-0.4, -0.2) is 35.0 Å². The van der Waals surface area contributed by atoms with Crippen molar-refractivity contribution in [3.63, 3.8) is 0 Å². The fraction of sp³-hybridized carbons (Fsp3) is 0.533. The summed E-state index contributed by atoms with van der Waals surface area (Å²) in [5.41, 5.74) is 2.19. The molecule has 0 amide bonds. The summed E-state index contributed by atoms with van der Waals surface area (Å²) in [5.74, 6) is 0. The zero-order valence-corrected chi connectivity index (χ0v) is 12.9. The maximum absolute atomic E-state index is 8.75. The average Bonchev–Trinajstić information content (AvgIpc) is 2.44. The molecule has 108 valence electrons. The number of hydrogen-bond donors (Lipinski definition) is 1. The van der Waals surface area contributed by atoms with Crippen LogP contribution in [0.25, 0.3) is 0 Å². The molecular formula is C15H25ClN2O. The van der Waals surface area contributed by atoms with Gasteiger partial charge in [0.15, 0.2) is 0 Å². The third kappa shape index (κ3) is 5.62. The van der Waals surface area contributed by atoms with E-state index in [9.17, 15) is 0 Å². The zero-order chi connectivity index (χ0) is 13.4. The molecule has 1 N–H and O–H groups in total. The van der Waals surface area contributed by atoms with Crippen LogP contribution in [0.5, 0.6) is 0 Å². The van der Waals surface area contributed by atoms with Gasteiger partial charge in [-0.25, -0.2) is 0 Å². The summed E-state index contributed by atoms with van der Waals surface area (Å²) in [7, 11) is 0. The van der Waals surface area contributed by atoms with Crippen molar-refractivity contribution < 1.29 is 22.1 Å². The molecule has 0 saturated heterocycles. The Bertz CT molecular complexity index is 375. The summed E-state index contributed by atoms with van der Waals surface area (Å²) in [4.78, 5) is 0. The molecule has 0 aliphatic rings. The topological polar surface area (TPSA) is 32.6 Å². The van der Waals surface area contributed by atoms with Gasteiger partial charge in [0.2, 0.25) is 0 Å². The largest absolute Gasteiger partial charge is 1.00 e. The quantitative estimate of drug-likeness (QED) is 0.332. The number of benzene rings is 1. The third-order valence-electron chi connectivity index (χ3n) is 3.82. The molecule has 0 fully saturated rings. The van der Waals surface area contributed by atoms with Gasteiger partial charge in [-0.2, -0.15) is 0 Å². The molecule has 0 aliphatic carbocycles. The molecular weight excluding hydrogens is 260 g/mol. The molecule has 0 bridgehead atoms. The monoisotopic (exact) mass is 284 g/mol. The fourth-order valence-corrected chi connectivity index (χ4v) is 2.26. The Labute approximate surface area is 122 Å². The number of rotatable bonds is 7. The zero-order valence-electron chi connectivity index (χ0n) is 12.1. The normalized spacial score (nSPS) is 12.1. The predicted molar refractivity (Wildman–Crippen MR) is 75.9 cm³/mol. The number of oxime groups is 1. The van der Waals surface area contributed by atoms with Gasteiger partial charge in [-0.05, 0) is 20.8 Å². The first kappa shape index (κ1) is 17.9. The van der Waals surface area contributed by atoms with Crippen LogP contribution in [-0.2, 0) is 6.54 Å². The molecule has 0 heterocycles. The molecule has 0 radical (unpaired) electrons. The average molecular weight is 285 g/mol. The summed E-state index contributed by atoms with van der Waals surface area (Å²) in [6, 6.07) is 10.6. The summed E-state index contributed by atoms with van der Waals surface area (Å²) >= 11 is 0. The highest BCUT2D eigenvalue weighted by Crippen LogP contribution is 2.15. The molecule has 0 saturated carbocycles. The molecule has 1 rings (SSSR count). The van der Waals surface area contributed by atoms with Gasteiger partial charge in [0.25, 0.3) is 0 Å². The van der Waals surface area contributed by atoms with Crippen molar-refractivity contribution >= 4 is 5.71 Å². The van der Waals surface area contributed by atoms with Gasteiger partial charge in [0, 0.05) is 12.0 Å². The van der Waals surface area contributed by atoms with E-state index in [0.29, 0.717) is 0 Å². The Morgan fingerprint density at radius 2 is 1.74 bits per heavy atom. The molecule has 19 heavy (non-hydrogen) atoms. The molecule has 4 heteroatoms. The van der Waals surface area contributed by atoms with E-state index in [1.54, 1.807) is 0 Å². The van der Waals surface area contributed by atoms with Gasteiger partial charge >= 0.3 is 0 Å². The van der Waals surface area contributed by atoms with E-state index in [1.165, 1.54) is 5.56 Å². The third-order valence-corrected chi connectivity index (χ3v) is 3.82. The van der Waals surface area contributed by atoms with Gasteiger partial charge in [0.1, 0.15) is 6.54 Å². The Kier molecular flexibility index (Phi) is 8.44. The standard InChI is InChI=1S/C15H24N2O.ClH/c1-4-17(5-2,12-11-14(3)16-18)13-15-9-7-6-8-10-15;/h6-10H,4-5,11-13H2,1-3H3;1H/b16-14+;. The van der Waals surface area contributed by atoms with Crippen molar-refractivity contribution in [2.24, 2.45) is 5.16 Å². The fourth-order valence-electron chi connectivity index (χ4n) is 2.26. The van der Waals surface area contributed by atoms with Crippen LogP contribution in [0.2, 0.25) is 0 Å². The van der Waals surface area contributed by atoms with Gasteiger partial charge in [-0.15, -0.1) is 0 Å². The van der Waals surface area contributed by atoms with E-state index >= 15 is 0 Å². The summed E-state index contributed by atoms with van der Waals surface area (Å²) in [6.07, 6.45) is 0.852.